The Morgan fingerprint density at radius 3 is 1.79 bits per heavy atom. The molecule has 0 heterocycles. The van der Waals surface area contributed by atoms with Gasteiger partial charge in [0.2, 0.25) is 5.79 Å². The molecule has 1 N–H and O–H groups in total. The number of aliphatic hydroxyl groups excluding tert-OH is 1. The summed E-state index contributed by atoms with van der Waals surface area (Å²) in [5, 5.41) is 10.6. The molecule has 3 heteroatoms. The van der Waals surface area contributed by atoms with Gasteiger partial charge < -0.3 is 14.6 Å². The second-order valence-electron chi connectivity index (χ2n) is 4.25. The smallest absolute Gasteiger partial charge is 0.225 e. The van der Waals surface area contributed by atoms with Crippen LogP contribution in [-0.2, 0) is 15.3 Å². The predicted octanol–water partition coefficient (Wildman–Crippen LogP) is 2.87. The van der Waals surface area contributed by atoms with Crippen molar-refractivity contribution in [1.82, 2.24) is 0 Å². The van der Waals surface area contributed by atoms with Crippen molar-refractivity contribution in [2.24, 2.45) is 0 Å². The van der Waals surface area contributed by atoms with Gasteiger partial charge in [0.1, 0.15) is 6.10 Å². The summed E-state index contributed by atoms with van der Waals surface area (Å²) in [5.74, 6) is -1.21. The fourth-order valence-corrected chi connectivity index (χ4v) is 2.23. The van der Waals surface area contributed by atoms with Crippen LogP contribution in [0.15, 0.2) is 60.7 Å². The Labute approximate surface area is 113 Å². The van der Waals surface area contributed by atoms with Crippen LogP contribution in [0.4, 0.5) is 0 Å². The van der Waals surface area contributed by atoms with Crippen molar-refractivity contribution < 1.29 is 14.6 Å². The van der Waals surface area contributed by atoms with Crippen molar-refractivity contribution >= 4 is 0 Å². The van der Waals surface area contributed by atoms with Gasteiger partial charge in [-0.3, -0.25) is 0 Å². The van der Waals surface area contributed by atoms with Crippen LogP contribution in [0, 0.1) is 0 Å². The Kier molecular flexibility index (Phi) is 4.32. The van der Waals surface area contributed by atoms with E-state index in [0.29, 0.717) is 0 Å². The van der Waals surface area contributed by atoms with Crippen LogP contribution < -0.4 is 0 Å². The first-order valence-electron chi connectivity index (χ1n) is 6.13. The Morgan fingerprint density at radius 1 is 0.842 bits per heavy atom. The molecule has 100 valence electrons. The first-order chi connectivity index (χ1) is 9.24. The average molecular weight is 258 g/mol. The molecule has 0 saturated heterocycles. The van der Waals surface area contributed by atoms with E-state index in [-0.39, 0.29) is 0 Å². The van der Waals surface area contributed by atoms with Crippen molar-refractivity contribution in [2.75, 3.05) is 14.2 Å². The minimum absolute atomic E-state index is 0.745. The Bertz CT molecular complexity index is 492. The predicted molar refractivity (Wildman–Crippen MR) is 73.5 cm³/mol. The maximum Gasteiger partial charge on any atom is 0.225 e. The molecule has 3 nitrogen and oxygen atoms in total. The van der Waals surface area contributed by atoms with Gasteiger partial charge in [-0.05, 0) is 5.56 Å². The van der Waals surface area contributed by atoms with E-state index >= 15 is 0 Å². The van der Waals surface area contributed by atoms with Gasteiger partial charge in [0.05, 0.1) is 0 Å². The molecule has 0 bridgehead atoms. The Balaban J connectivity index is 2.45. The first-order valence-corrected chi connectivity index (χ1v) is 6.13. The minimum atomic E-state index is -1.21. The summed E-state index contributed by atoms with van der Waals surface area (Å²) in [6, 6.07) is 18.8. The molecular formula is C16H18O3. The molecular weight excluding hydrogens is 240 g/mol. The third-order valence-corrected chi connectivity index (χ3v) is 3.26. The number of hydrogen-bond donors (Lipinski definition) is 1. The van der Waals surface area contributed by atoms with E-state index in [4.69, 9.17) is 9.47 Å². The van der Waals surface area contributed by atoms with Crippen LogP contribution in [0.3, 0.4) is 0 Å². The third-order valence-electron chi connectivity index (χ3n) is 3.26. The Morgan fingerprint density at radius 2 is 1.32 bits per heavy atom. The van der Waals surface area contributed by atoms with Crippen molar-refractivity contribution in [1.29, 1.82) is 0 Å². The van der Waals surface area contributed by atoms with Crippen LogP contribution in [0.25, 0.3) is 0 Å². The van der Waals surface area contributed by atoms with Crippen LogP contribution in [0.5, 0.6) is 0 Å². The second kappa shape index (κ2) is 5.97. The van der Waals surface area contributed by atoms with Gasteiger partial charge in [-0.25, -0.2) is 0 Å². The van der Waals surface area contributed by atoms with Gasteiger partial charge in [-0.1, -0.05) is 60.7 Å². The van der Waals surface area contributed by atoms with Crippen LogP contribution >= 0.6 is 0 Å². The maximum absolute atomic E-state index is 10.6. The van der Waals surface area contributed by atoms with E-state index in [2.05, 4.69) is 0 Å². The van der Waals surface area contributed by atoms with Gasteiger partial charge in [0, 0.05) is 19.8 Å². The number of rotatable bonds is 5. The average Bonchev–Trinajstić information content (AvgIpc) is 2.51. The zero-order valence-electron chi connectivity index (χ0n) is 11.1. The highest BCUT2D eigenvalue weighted by Gasteiger charge is 2.41. The van der Waals surface area contributed by atoms with E-state index in [1.165, 1.54) is 14.2 Å². The molecule has 1 atom stereocenters. The van der Waals surface area contributed by atoms with E-state index in [1.807, 2.05) is 60.7 Å². The minimum Gasteiger partial charge on any atom is -0.382 e. The maximum atomic E-state index is 10.6. The summed E-state index contributed by atoms with van der Waals surface area (Å²) in [7, 11) is 3.06. The molecule has 2 rings (SSSR count). The number of aliphatic hydroxyl groups is 1. The summed E-state index contributed by atoms with van der Waals surface area (Å²) >= 11 is 0. The van der Waals surface area contributed by atoms with Gasteiger partial charge in [-0.2, -0.15) is 0 Å². The number of methoxy groups -OCH3 is 2. The van der Waals surface area contributed by atoms with Gasteiger partial charge in [0.15, 0.2) is 0 Å². The van der Waals surface area contributed by atoms with Gasteiger partial charge in [0.25, 0.3) is 0 Å². The fraction of sp³-hybridized carbons (Fsp3) is 0.250. The largest absolute Gasteiger partial charge is 0.382 e. The lowest BCUT2D eigenvalue weighted by molar-refractivity contribution is -0.272. The lowest BCUT2D eigenvalue weighted by Crippen LogP contribution is -2.37. The standard InChI is InChI=1S/C16H18O3/c1-18-16(19-2,14-11-7-4-8-12-14)15(17)13-9-5-3-6-10-13/h3-12,15,17H,1-2H3/t15-/m1/s1. The molecule has 0 unspecified atom stereocenters. The molecule has 0 aliphatic carbocycles. The molecule has 0 spiro atoms. The topological polar surface area (TPSA) is 38.7 Å². The number of benzene rings is 2. The fourth-order valence-electron chi connectivity index (χ4n) is 2.23. The zero-order valence-corrected chi connectivity index (χ0v) is 11.1. The third kappa shape index (κ3) is 2.54. The summed E-state index contributed by atoms with van der Waals surface area (Å²) < 4.78 is 11.0. The number of ether oxygens (including phenoxy) is 2. The molecule has 0 fully saturated rings. The van der Waals surface area contributed by atoms with E-state index < -0.39 is 11.9 Å². The van der Waals surface area contributed by atoms with Crippen molar-refractivity contribution in [3.8, 4) is 0 Å². The Hall–Kier alpha value is -1.68. The summed E-state index contributed by atoms with van der Waals surface area (Å²) in [6.07, 6.45) is -0.911. The second-order valence-corrected chi connectivity index (χ2v) is 4.25. The SMILES string of the molecule is COC(OC)(c1ccccc1)[C@H](O)c1ccccc1. The highest BCUT2D eigenvalue weighted by molar-refractivity contribution is 5.27. The van der Waals surface area contributed by atoms with Crippen molar-refractivity contribution in [3.05, 3.63) is 71.8 Å². The number of hydrogen-bond acceptors (Lipinski definition) is 3. The van der Waals surface area contributed by atoms with Crippen LogP contribution in [-0.4, -0.2) is 19.3 Å². The molecule has 2 aromatic carbocycles. The quantitative estimate of drug-likeness (QED) is 0.838. The van der Waals surface area contributed by atoms with Gasteiger partial charge >= 0.3 is 0 Å². The summed E-state index contributed by atoms with van der Waals surface area (Å²) in [5.41, 5.74) is 1.52. The summed E-state index contributed by atoms with van der Waals surface area (Å²) in [6.45, 7) is 0. The van der Waals surface area contributed by atoms with Crippen LogP contribution in [0.2, 0.25) is 0 Å². The summed E-state index contributed by atoms with van der Waals surface area (Å²) in [4.78, 5) is 0. The molecule has 0 aliphatic rings. The molecule has 0 amide bonds. The normalized spacial score (nSPS) is 13.2. The highest BCUT2D eigenvalue weighted by atomic mass is 16.7. The highest BCUT2D eigenvalue weighted by Crippen LogP contribution is 2.38. The zero-order chi connectivity index (χ0) is 13.7. The van der Waals surface area contributed by atoms with Gasteiger partial charge in [-0.15, -0.1) is 0 Å². The lowest BCUT2D eigenvalue weighted by Gasteiger charge is -2.35. The first kappa shape index (κ1) is 13.7. The molecule has 0 aliphatic heterocycles. The molecule has 19 heavy (non-hydrogen) atoms. The van der Waals surface area contributed by atoms with Crippen molar-refractivity contribution in [2.45, 2.75) is 11.9 Å². The van der Waals surface area contributed by atoms with E-state index in [1.54, 1.807) is 0 Å². The van der Waals surface area contributed by atoms with Crippen LogP contribution in [0.1, 0.15) is 17.2 Å². The van der Waals surface area contributed by atoms with E-state index in [0.717, 1.165) is 11.1 Å². The lowest BCUT2D eigenvalue weighted by atomic mass is 9.94. The molecule has 2 aromatic rings. The molecule has 0 radical (unpaired) electrons. The molecule has 0 aromatic heterocycles. The van der Waals surface area contributed by atoms with E-state index in [9.17, 15) is 5.11 Å². The van der Waals surface area contributed by atoms with Crippen molar-refractivity contribution in [3.63, 3.8) is 0 Å². The molecule has 0 saturated carbocycles. The monoisotopic (exact) mass is 258 g/mol.